The third-order valence-electron chi connectivity index (χ3n) is 4.86. The molecule has 7 nitrogen and oxygen atoms in total. The molecule has 0 saturated carbocycles. The summed E-state index contributed by atoms with van der Waals surface area (Å²) in [5.74, 6) is -0.356. The molecule has 1 fully saturated rings. The summed E-state index contributed by atoms with van der Waals surface area (Å²) in [7, 11) is -3.77. The van der Waals surface area contributed by atoms with E-state index in [0.717, 1.165) is 17.7 Å². The van der Waals surface area contributed by atoms with Gasteiger partial charge < -0.3 is 9.64 Å². The maximum Gasteiger partial charge on any atom is 0.338 e. The number of amides is 1. The average Bonchev–Trinajstić information content (AvgIpc) is 3.25. The smallest absolute Gasteiger partial charge is 0.338 e. The van der Waals surface area contributed by atoms with Gasteiger partial charge in [0.2, 0.25) is 10.0 Å². The van der Waals surface area contributed by atoms with Crippen molar-refractivity contribution in [3.05, 3.63) is 52.2 Å². The van der Waals surface area contributed by atoms with Gasteiger partial charge in [-0.25, -0.2) is 17.9 Å². The van der Waals surface area contributed by atoms with Crippen LogP contribution in [0.1, 0.15) is 35.0 Å². The normalized spacial score (nSPS) is 15.3. The second-order valence-electron chi connectivity index (χ2n) is 7.07. The van der Waals surface area contributed by atoms with Crippen LogP contribution >= 0.6 is 11.3 Å². The van der Waals surface area contributed by atoms with E-state index in [4.69, 9.17) is 4.74 Å². The molecule has 0 spiro atoms. The molecule has 0 atom stereocenters. The van der Waals surface area contributed by atoms with Gasteiger partial charge in [0, 0.05) is 24.5 Å². The van der Waals surface area contributed by atoms with Crippen molar-refractivity contribution in [3.63, 3.8) is 0 Å². The van der Waals surface area contributed by atoms with Gasteiger partial charge in [0.05, 0.1) is 10.5 Å². The van der Waals surface area contributed by atoms with Crippen LogP contribution in [0, 0.1) is 5.92 Å². The summed E-state index contributed by atoms with van der Waals surface area (Å²) in [6.45, 7) is 3.32. The van der Waals surface area contributed by atoms with Gasteiger partial charge in [-0.3, -0.25) is 4.79 Å². The third kappa shape index (κ3) is 5.88. The monoisotopic (exact) mass is 436 g/mol. The van der Waals surface area contributed by atoms with Crippen molar-refractivity contribution in [2.75, 3.05) is 19.7 Å². The number of hydrogen-bond acceptors (Lipinski definition) is 6. The maximum atomic E-state index is 12.5. The fourth-order valence-electron chi connectivity index (χ4n) is 3.01. The molecule has 2 heterocycles. The first kappa shape index (κ1) is 21.5. The summed E-state index contributed by atoms with van der Waals surface area (Å²) in [5.41, 5.74) is 0.0871. The van der Waals surface area contributed by atoms with Crippen molar-refractivity contribution in [3.8, 4) is 0 Å². The number of sulfonamides is 1. The Morgan fingerprint density at radius 2 is 1.97 bits per heavy atom. The van der Waals surface area contributed by atoms with Crippen molar-refractivity contribution in [1.82, 2.24) is 9.62 Å². The first-order valence-corrected chi connectivity index (χ1v) is 11.8. The van der Waals surface area contributed by atoms with Crippen LogP contribution in [0.15, 0.2) is 46.7 Å². The molecule has 9 heteroatoms. The number of nitrogens with zero attached hydrogens (tertiary/aromatic N) is 1. The molecule has 1 aromatic heterocycles. The van der Waals surface area contributed by atoms with Crippen LogP contribution < -0.4 is 4.72 Å². The SMILES string of the molecule is CC1CCN(C(=O)COC(=O)c2cccc(S(=O)(=O)NCc3cccs3)c2)CC1. The third-order valence-corrected chi connectivity index (χ3v) is 7.13. The number of ether oxygens (including phenoxy) is 1. The fraction of sp³-hybridized carbons (Fsp3) is 0.400. The first-order chi connectivity index (χ1) is 13.8. The number of carbonyl (C=O) groups is 2. The van der Waals surface area contributed by atoms with Gasteiger partial charge in [-0.15, -0.1) is 11.3 Å². The van der Waals surface area contributed by atoms with Gasteiger partial charge in [-0.2, -0.15) is 0 Å². The second-order valence-corrected chi connectivity index (χ2v) is 9.87. The standard InChI is InChI=1S/C20H24N2O5S2/c1-15-7-9-22(10-8-15)19(23)14-27-20(24)16-4-2-6-18(12-16)29(25,26)21-13-17-5-3-11-28-17/h2-6,11-12,15,21H,7-10,13-14H2,1H3. The lowest BCUT2D eigenvalue weighted by Crippen LogP contribution is -2.40. The number of esters is 1. The predicted molar refractivity (Wildman–Crippen MR) is 110 cm³/mol. The minimum Gasteiger partial charge on any atom is -0.452 e. The molecule has 1 aliphatic heterocycles. The van der Waals surface area contributed by atoms with Gasteiger partial charge in [-0.05, 0) is 48.4 Å². The summed E-state index contributed by atoms with van der Waals surface area (Å²) < 4.78 is 32.6. The molecule has 0 radical (unpaired) electrons. The molecule has 156 valence electrons. The molecule has 29 heavy (non-hydrogen) atoms. The van der Waals surface area contributed by atoms with Gasteiger partial charge >= 0.3 is 5.97 Å². The number of thiophene rings is 1. The number of piperidine rings is 1. The topological polar surface area (TPSA) is 92.8 Å². The van der Waals surface area contributed by atoms with Crippen molar-refractivity contribution < 1.29 is 22.7 Å². The van der Waals surface area contributed by atoms with Crippen molar-refractivity contribution in [2.45, 2.75) is 31.2 Å². The Labute approximate surface area is 174 Å². The zero-order chi connectivity index (χ0) is 20.9. The summed E-state index contributed by atoms with van der Waals surface area (Å²) in [5, 5.41) is 1.87. The number of rotatable bonds is 7. The van der Waals surface area contributed by atoms with Gasteiger partial charge in [0.25, 0.3) is 5.91 Å². The molecule has 3 rings (SSSR count). The first-order valence-electron chi connectivity index (χ1n) is 9.42. The lowest BCUT2D eigenvalue weighted by atomic mass is 9.99. The molecule has 0 aliphatic carbocycles. The zero-order valence-corrected chi connectivity index (χ0v) is 17.8. The van der Waals surface area contributed by atoms with Gasteiger partial charge in [-0.1, -0.05) is 19.1 Å². The highest BCUT2D eigenvalue weighted by molar-refractivity contribution is 7.89. The molecular weight excluding hydrogens is 412 g/mol. The number of likely N-dealkylation sites (tertiary alicyclic amines) is 1. The molecule has 1 saturated heterocycles. The van der Waals surface area contributed by atoms with Gasteiger partial charge in [0.1, 0.15) is 0 Å². The molecule has 0 bridgehead atoms. The molecular formula is C20H24N2O5S2. The van der Waals surface area contributed by atoms with Crippen LogP contribution in [0.2, 0.25) is 0 Å². The van der Waals surface area contributed by atoms with E-state index < -0.39 is 16.0 Å². The van der Waals surface area contributed by atoms with E-state index in [1.807, 2.05) is 17.5 Å². The highest BCUT2D eigenvalue weighted by atomic mass is 32.2. The summed E-state index contributed by atoms with van der Waals surface area (Å²) in [4.78, 5) is 27.1. The second kappa shape index (κ2) is 9.51. The lowest BCUT2D eigenvalue weighted by Gasteiger charge is -2.30. The molecule has 0 unspecified atom stereocenters. The Morgan fingerprint density at radius 1 is 1.21 bits per heavy atom. The Hall–Kier alpha value is -2.23. The molecule has 1 aromatic carbocycles. The van der Waals surface area contributed by atoms with E-state index in [-0.39, 0.29) is 29.5 Å². The van der Waals surface area contributed by atoms with Crippen LogP contribution in [-0.2, 0) is 26.1 Å². The van der Waals surface area contributed by atoms with E-state index >= 15 is 0 Å². The van der Waals surface area contributed by atoms with Gasteiger partial charge in [0.15, 0.2) is 6.61 Å². The van der Waals surface area contributed by atoms with E-state index in [0.29, 0.717) is 19.0 Å². The highest BCUT2D eigenvalue weighted by Crippen LogP contribution is 2.17. The van der Waals surface area contributed by atoms with E-state index in [2.05, 4.69) is 11.6 Å². The van der Waals surface area contributed by atoms with Crippen molar-refractivity contribution in [1.29, 1.82) is 0 Å². The van der Waals surface area contributed by atoms with E-state index in [9.17, 15) is 18.0 Å². The fourth-order valence-corrected chi connectivity index (χ4v) is 4.80. The minimum atomic E-state index is -3.77. The molecule has 2 aromatic rings. The maximum absolute atomic E-state index is 12.5. The number of hydrogen-bond donors (Lipinski definition) is 1. The zero-order valence-electron chi connectivity index (χ0n) is 16.2. The molecule has 1 aliphatic rings. The van der Waals surface area contributed by atoms with Crippen molar-refractivity contribution in [2.24, 2.45) is 5.92 Å². The largest absolute Gasteiger partial charge is 0.452 e. The van der Waals surface area contributed by atoms with E-state index in [1.165, 1.54) is 35.6 Å². The summed E-state index contributed by atoms with van der Waals surface area (Å²) in [6.07, 6.45) is 1.89. The summed E-state index contributed by atoms with van der Waals surface area (Å²) >= 11 is 1.45. The Balaban J connectivity index is 1.58. The molecule has 1 N–H and O–H groups in total. The van der Waals surface area contributed by atoms with Crippen molar-refractivity contribution >= 4 is 33.2 Å². The highest BCUT2D eigenvalue weighted by Gasteiger charge is 2.22. The average molecular weight is 437 g/mol. The van der Waals surface area contributed by atoms with Crippen LogP contribution in [0.4, 0.5) is 0 Å². The molecule has 1 amide bonds. The minimum absolute atomic E-state index is 0.0279. The number of nitrogens with one attached hydrogen (secondary N) is 1. The lowest BCUT2D eigenvalue weighted by molar-refractivity contribution is -0.135. The quantitative estimate of drug-likeness (QED) is 0.674. The Kier molecular flexibility index (Phi) is 7.05. The van der Waals surface area contributed by atoms with Crippen LogP contribution in [0.25, 0.3) is 0 Å². The number of benzene rings is 1. The Bertz CT molecular complexity index is 949. The van der Waals surface area contributed by atoms with Crippen LogP contribution in [0.3, 0.4) is 0 Å². The number of carbonyl (C=O) groups excluding carboxylic acids is 2. The predicted octanol–water partition coefficient (Wildman–Crippen LogP) is 2.64. The Morgan fingerprint density at radius 3 is 2.66 bits per heavy atom. The van der Waals surface area contributed by atoms with Crippen LogP contribution in [0.5, 0.6) is 0 Å². The van der Waals surface area contributed by atoms with Crippen LogP contribution in [-0.4, -0.2) is 44.9 Å². The van der Waals surface area contributed by atoms with E-state index in [1.54, 1.807) is 4.90 Å². The summed E-state index contributed by atoms with van der Waals surface area (Å²) in [6, 6.07) is 9.29.